The lowest BCUT2D eigenvalue weighted by Crippen LogP contribution is -2.54. The van der Waals surface area contributed by atoms with Crippen molar-refractivity contribution in [1.82, 2.24) is 4.90 Å². The third kappa shape index (κ3) is 4.17. The molecule has 3 rings (SSSR count). The fourth-order valence-corrected chi connectivity index (χ4v) is 3.78. The number of fused-ring (bicyclic) bond motifs is 1. The second-order valence-corrected chi connectivity index (χ2v) is 7.77. The first-order chi connectivity index (χ1) is 11.4. The van der Waals surface area contributed by atoms with Gasteiger partial charge in [0.1, 0.15) is 0 Å². The van der Waals surface area contributed by atoms with Crippen LogP contribution in [-0.4, -0.2) is 46.8 Å². The molecule has 0 unspecified atom stereocenters. The largest absolute Gasteiger partial charge is 0.390 e. The molecule has 1 aromatic carbocycles. The number of nitrogens with zero attached hydrogens (tertiary/aromatic N) is 1. The molecule has 0 bridgehead atoms. The number of amides is 1. The van der Waals surface area contributed by atoms with Crippen LogP contribution in [0.25, 0.3) is 0 Å². The number of morpholine rings is 1. The first-order valence-electron chi connectivity index (χ1n) is 9.18. The molecule has 1 aliphatic heterocycles. The lowest BCUT2D eigenvalue weighted by Gasteiger charge is -2.43. The van der Waals surface area contributed by atoms with E-state index in [1.807, 2.05) is 43.0 Å². The summed E-state index contributed by atoms with van der Waals surface area (Å²) in [5.41, 5.74) is 1.26. The number of carbonyl (C=O) groups is 1. The first-order valence-corrected chi connectivity index (χ1v) is 9.18. The Labute approximate surface area is 144 Å². The van der Waals surface area contributed by atoms with Crippen molar-refractivity contribution in [2.24, 2.45) is 0 Å². The van der Waals surface area contributed by atoms with Gasteiger partial charge in [-0.25, -0.2) is 0 Å². The molecule has 2 atom stereocenters. The second kappa shape index (κ2) is 7.24. The minimum Gasteiger partial charge on any atom is -0.390 e. The second-order valence-electron chi connectivity index (χ2n) is 7.77. The monoisotopic (exact) mass is 331 g/mol. The zero-order chi connectivity index (χ0) is 17.2. The van der Waals surface area contributed by atoms with E-state index >= 15 is 0 Å². The third-order valence-corrected chi connectivity index (χ3v) is 5.22. The van der Waals surface area contributed by atoms with E-state index in [4.69, 9.17) is 4.74 Å². The van der Waals surface area contributed by atoms with Gasteiger partial charge in [-0.2, -0.15) is 0 Å². The number of hydrogen-bond acceptors (Lipinski definition) is 3. The average molecular weight is 331 g/mol. The summed E-state index contributed by atoms with van der Waals surface area (Å²) in [6.07, 6.45) is 6.28. The van der Waals surface area contributed by atoms with Crippen molar-refractivity contribution < 1.29 is 14.6 Å². The van der Waals surface area contributed by atoms with Crippen LogP contribution in [0.2, 0.25) is 0 Å². The van der Waals surface area contributed by atoms with Crippen molar-refractivity contribution in [3.8, 4) is 0 Å². The van der Waals surface area contributed by atoms with E-state index in [1.165, 1.54) is 12.8 Å². The van der Waals surface area contributed by atoms with Crippen LogP contribution in [0.4, 0.5) is 0 Å². The Bertz CT molecular complexity index is 559. The first kappa shape index (κ1) is 17.4. The fourth-order valence-electron chi connectivity index (χ4n) is 3.78. The molecule has 1 aliphatic carbocycles. The highest BCUT2D eigenvalue weighted by atomic mass is 16.5. The van der Waals surface area contributed by atoms with Gasteiger partial charge >= 0.3 is 0 Å². The maximum Gasteiger partial charge on any atom is 0.254 e. The van der Waals surface area contributed by atoms with E-state index < -0.39 is 5.60 Å². The number of hydrogen-bond donors (Lipinski definition) is 1. The highest BCUT2D eigenvalue weighted by molar-refractivity contribution is 5.94. The van der Waals surface area contributed by atoms with Gasteiger partial charge in [-0.05, 0) is 57.2 Å². The van der Waals surface area contributed by atoms with Crippen molar-refractivity contribution in [1.29, 1.82) is 0 Å². The summed E-state index contributed by atoms with van der Waals surface area (Å²) < 4.78 is 5.86. The molecule has 1 N–H and O–H groups in total. The highest BCUT2D eigenvalue weighted by Gasteiger charge is 2.36. The van der Waals surface area contributed by atoms with Gasteiger partial charge in [0.2, 0.25) is 0 Å². The molecule has 0 radical (unpaired) electrons. The number of aryl methyl sites for hydroxylation is 1. The Balaban J connectivity index is 1.66. The van der Waals surface area contributed by atoms with E-state index in [0.717, 1.165) is 30.4 Å². The average Bonchev–Trinajstić information content (AvgIpc) is 2.59. The van der Waals surface area contributed by atoms with Gasteiger partial charge < -0.3 is 14.7 Å². The molecule has 2 fully saturated rings. The zero-order valence-corrected chi connectivity index (χ0v) is 14.8. The van der Waals surface area contributed by atoms with Crippen molar-refractivity contribution in [2.45, 2.75) is 70.1 Å². The Hall–Kier alpha value is -1.39. The molecule has 1 saturated heterocycles. The lowest BCUT2D eigenvalue weighted by molar-refractivity contribution is -0.0752. The summed E-state index contributed by atoms with van der Waals surface area (Å²) >= 11 is 0. The molecule has 1 aromatic rings. The van der Waals surface area contributed by atoms with Gasteiger partial charge in [0, 0.05) is 12.1 Å². The number of ether oxygens (including phenoxy) is 1. The number of benzene rings is 1. The van der Waals surface area contributed by atoms with E-state index in [0.29, 0.717) is 19.6 Å². The summed E-state index contributed by atoms with van der Waals surface area (Å²) in [6, 6.07) is 8.12. The van der Waals surface area contributed by atoms with Gasteiger partial charge in [-0.1, -0.05) is 25.0 Å². The van der Waals surface area contributed by atoms with Crippen molar-refractivity contribution in [3.63, 3.8) is 0 Å². The number of carbonyl (C=O) groups excluding carboxylic acids is 1. The molecule has 1 amide bonds. The topological polar surface area (TPSA) is 49.8 Å². The van der Waals surface area contributed by atoms with Crippen LogP contribution in [-0.2, 0) is 11.2 Å². The normalized spacial score (nSPS) is 24.5. The molecular formula is C20H29NO3. The molecular weight excluding hydrogens is 302 g/mol. The predicted octanol–water partition coefficient (Wildman–Crippen LogP) is 3.17. The SMILES string of the molecule is CC(C)(O)CCc1ccc(C(=O)N2CCO[C@@H]3CCCC[C@H]32)cc1. The molecule has 4 nitrogen and oxygen atoms in total. The van der Waals surface area contributed by atoms with Crippen molar-refractivity contribution >= 4 is 5.91 Å². The fraction of sp³-hybridized carbons (Fsp3) is 0.650. The van der Waals surface area contributed by atoms with Crippen molar-refractivity contribution in [3.05, 3.63) is 35.4 Å². The summed E-state index contributed by atoms with van der Waals surface area (Å²) in [6.45, 7) is 4.99. The summed E-state index contributed by atoms with van der Waals surface area (Å²) in [5.74, 6) is 0.129. The summed E-state index contributed by atoms with van der Waals surface area (Å²) in [7, 11) is 0. The Morgan fingerprint density at radius 3 is 2.67 bits per heavy atom. The molecule has 0 aromatic heterocycles. The molecule has 4 heteroatoms. The Morgan fingerprint density at radius 1 is 1.25 bits per heavy atom. The van der Waals surface area contributed by atoms with Crippen LogP contribution in [0.1, 0.15) is 61.9 Å². The molecule has 2 aliphatic rings. The zero-order valence-electron chi connectivity index (χ0n) is 14.8. The van der Waals surface area contributed by atoms with Crippen LogP contribution in [0.15, 0.2) is 24.3 Å². The smallest absolute Gasteiger partial charge is 0.254 e. The molecule has 24 heavy (non-hydrogen) atoms. The van der Waals surface area contributed by atoms with Crippen molar-refractivity contribution in [2.75, 3.05) is 13.2 Å². The molecule has 1 heterocycles. The van der Waals surface area contributed by atoms with Gasteiger partial charge in [0.05, 0.1) is 24.4 Å². The number of aliphatic hydroxyl groups is 1. The maximum absolute atomic E-state index is 12.9. The van der Waals surface area contributed by atoms with E-state index in [2.05, 4.69) is 0 Å². The maximum atomic E-state index is 12.9. The lowest BCUT2D eigenvalue weighted by atomic mass is 9.89. The van der Waals surface area contributed by atoms with E-state index in [9.17, 15) is 9.90 Å². The highest BCUT2D eigenvalue weighted by Crippen LogP contribution is 2.29. The Kier molecular flexibility index (Phi) is 5.26. The third-order valence-electron chi connectivity index (χ3n) is 5.22. The van der Waals surface area contributed by atoms with Crippen LogP contribution in [0.3, 0.4) is 0 Å². The predicted molar refractivity (Wildman–Crippen MR) is 94.1 cm³/mol. The summed E-state index contributed by atoms with van der Waals surface area (Å²) in [5, 5.41) is 9.83. The van der Waals surface area contributed by atoms with Crippen LogP contribution < -0.4 is 0 Å². The Morgan fingerprint density at radius 2 is 1.96 bits per heavy atom. The minimum atomic E-state index is -0.654. The molecule has 1 saturated carbocycles. The van der Waals surface area contributed by atoms with Crippen LogP contribution in [0, 0.1) is 0 Å². The molecule has 132 valence electrons. The van der Waals surface area contributed by atoms with Crippen LogP contribution in [0.5, 0.6) is 0 Å². The molecule has 0 spiro atoms. The van der Waals surface area contributed by atoms with E-state index in [-0.39, 0.29) is 18.1 Å². The minimum absolute atomic E-state index is 0.129. The van der Waals surface area contributed by atoms with Gasteiger partial charge in [-0.3, -0.25) is 4.79 Å². The van der Waals surface area contributed by atoms with Gasteiger partial charge in [-0.15, -0.1) is 0 Å². The summed E-state index contributed by atoms with van der Waals surface area (Å²) in [4.78, 5) is 14.9. The van der Waals surface area contributed by atoms with Gasteiger partial charge in [0.25, 0.3) is 5.91 Å². The standard InChI is InChI=1S/C20H29NO3/c1-20(2,23)12-11-15-7-9-16(10-8-15)19(22)21-13-14-24-18-6-4-3-5-17(18)21/h7-10,17-18,23H,3-6,11-14H2,1-2H3/t17-,18-/m1/s1. The van der Waals surface area contributed by atoms with E-state index in [1.54, 1.807) is 0 Å². The quantitative estimate of drug-likeness (QED) is 0.922. The van der Waals surface area contributed by atoms with Gasteiger partial charge in [0.15, 0.2) is 0 Å². The number of rotatable bonds is 4. The van der Waals surface area contributed by atoms with Crippen LogP contribution >= 0.6 is 0 Å².